The first-order valence-corrected chi connectivity index (χ1v) is 6.77. The minimum Gasteiger partial charge on any atom is -0.465 e. The maximum absolute atomic E-state index is 11.6. The number of carbonyl (C=O) groups is 1. The Kier molecular flexibility index (Phi) is 4.15. The van der Waals surface area contributed by atoms with Crippen LogP contribution in [0.15, 0.2) is 36.9 Å². The molecule has 3 heteroatoms. The number of hydrogen-bond donors (Lipinski definition) is 0. The average Bonchev–Trinajstić information content (AvgIpc) is 2.83. The van der Waals surface area contributed by atoms with Crippen molar-refractivity contribution in [2.24, 2.45) is 0 Å². The molecule has 0 spiro atoms. The molecule has 0 saturated heterocycles. The van der Waals surface area contributed by atoms with Gasteiger partial charge in [0.1, 0.15) is 4.88 Å². The first-order valence-electron chi connectivity index (χ1n) is 5.95. The molecule has 0 N–H and O–H groups in total. The molecule has 0 aromatic carbocycles. The molecule has 1 aliphatic carbocycles. The molecule has 1 aromatic heterocycles. The van der Waals surface area contributed by atoms with Crippen molar-refractivity contribution in [2.45, 2.75) is 19.3 Å². The molecular formula is C15H16O2S. The van der Waals surface area contributed by atoms with Crippen LogP contribution in [0.4, 0.5) is 0 Å². The molecule has 18 heavy (non-hydrogen) atoms. The highest BCUT2D eigenvalue weighted by atomic mass is 32.1. The van der Waals surface area contributed by atoms with Gasteiger partial charge in [0.2, 0.25) is 0 Å². The number of thiophene rings is 1. The van der Waals surface area contributed by atoms with Crippen LogP contribution in [0.5, 0.6) is 0 Å². The van der Waals surface area contributed by atoms with Gasteiger partial charge in [-0.15, -0.1) is 17.9 Å². The number of hydrogen-bond acceptors (Lipinski definition) is 3. The highest BCUT2D eigenvalue weighted by Gasteiger charge is 2.16. The number of esters is 1. The Morgan fingerprint density at radius 3 is 3.00 bits per heavy atom. The van der Waals surface area contributed by atoms with Gasteiger partial charge < -0.3 is 4.74 Å². The van der Waals surface area contributed by atoms with E-state index in [1.54, 1.807) is 0 Å². The number of allylic oxidation sites excluding steroid dienone is 5. The third kappa shape index (κ3) is 2.62. The Balaban J connectivity index is 2.40. The molecule has 0 saturated carbocycles. The van der Waals surface area contributed by atoms with E-state index in [9.17, 15) is 4.79 Å². The highest BCUT2D eigenvalue weighted by molar-refractivity contribution is 7.14. The summed E-state index contributed by atoms with van der Waals surface area (Å²) in [5.74, 6) is -0.267. The van der Waals surface area contributed by atoms with Gasteiger partial charge in [0, 0.05) is 11.3 Å². The smallest absolute Gasteiger partial charge is 0.348 e. The maximum atomic E-state index is 11.6. The summed E-state index contributed by atoms with van der Waals surface area (Å²) in [6.45, 7) is 3.77. The largest absolute Gasteiger partial charge is 0.465 e. The zero-order chi connectivity index (χ0) is 13.0. The second-order valence-corrected chi connectivity index (χ2v) is 5.21. The summed E-state index contributed by atoms with van der Waals surface area (Å²) in [7, 11) is 1.41. The Hall–Kier alpha value is -1.61. The van der Waals surface area contributed by atoms with E-state index in [2.05, 4.69) is 24.8 Å². The number of carbonyl (C=O) groups excluding carboxylic acids is 1. The first-order chi connectivity index (χ1) is 8.76. The van der Waals surface area contributed by atoms with E-state index in [1.807, 2.05) is 12.1 Å². The molecule has 0 radical (unpaired) electrons. The first kappa shape index (κ1) is 12.8. The quantitative estimate of drug-likeness (QED) is 0.604. The number of methoxy groups -OCH3 is 1. The van der Waals surface area contributed by atoms with Crippen molar-refractivity contribution in [1.29, 1.82) is 0 Å². The summed E-state index contributed by atoms with van der Waals surface area (Å²) in [6, 6.07) is 1.93. The molecule has 1 aliphatic rings. The van der Waals surface area contributed by atoms with Crippen LogP contribution in [0.3, 0.4) is 0 Å². The van der Waals surface area contributed by atoms with Crippen LogP contribution in [0.2, 0.25) is 0 Å². The lowest BCUT2D eigenvalue weighted by Crippen LogP contribution is -1.97. The van der Waals surface area contributed by atoms with Crippen molar-refractivity contribution >= 4 is 22.9 Å². The summed E-state index contributed by atoms with van der Waals surface area (Å²) in [5.41, 5.74) is 2.33. The second kappa shape index (κ2) is 5.83. The third-order valence-corrected chi connectivity index (χ3v) is 3.97. The summed E-state index contributed by atoms with van der Waals surface area (Å²) >= 11 is 1.49. The fourth-order valence-electron chi connectivity index (χ4n) is 1.97. The van der Waals surface area contributed by atoms with Gasteiger partial charge in [-0.3, -0.25) is 0 Å². The Labute approximate surface area is 111 Å². The lowest BCUT2D eigenvalue weighted by atomic mass is 9.99. The van der Waals surface area contributed by atoms with Gasteiger partial charge in [-0.2, -0.15) is 0 Å². The van der Waals surface area contributed by atoms with Gasteiger partial charge >= 0.3 is 5.97 Å². The monoisotopic (exact) mass is 260 g/mol. The van der Waals surface area contributed by atoms with E-state index in [-0.39, 0.29) is 5.97 Å². The lowest BCUT2D eigenvalue weighted by Gasteiger charge is -2.06. The average molecular weight is 260 g/mol. The molecule has 2 rings (SSSR count). The van der Waals surface area contributed by atoms with Crippen LogP contribution in [-0.2, 0) is 11.2 Å². The molecule has 2 nitrogen and oxygen atoms in total. The fraction of sp³-hybridized carbons (Fsp3) is 0.267. The van der Waals surface area contributed by atoms with Gasteiger partial charge in [-0.05, 0) is 30.0 Å². The van der Waals surface area contributed by atoms with Crippen molar-refractivity contribution in [3.63, 3.8) is 0 Å². The maximum Gasteiger partial charge on any atom is 0.348 e. The summed E-state index contributed by atoms with van der Waals surface area (Å²) in [6.07, 6.45) is 11.3. The lowest BCUT2D eigenvalue weighted by molar-refractivity contribution is 0.0606. The predicted octanol–water partition coefficient (Wildman–Crippen LogP) is 4.00. The zero-order valence-corrected chi connectivity index (χ0v) is 11.3. The van der Waals surface area contributed by atoms with Crippen molar-refractivity contribution < 1.29 is 9.53 Å². The number of ether oxygens (including phenoxy) is 1. The van der Waals surface area contributed by atoms with Gasteiger partial charge in [0.25, 0.3) is 0 Å². The predicted molar refractivity (Wildman–Crippen MR) is 75.9 cm³/mol. The van der Waals surface area contributed by atoms with Crippen molar-refractivity contribution in [3.05, 3.63) is 52.3 Å². The van der Waals surface area contributed by atoms with E-state index in [4.69, 9.17) is 4.74 Å². The SMILES string of the molecule is C=CCc1sc(C(=O)OC)cc1C1=CCCC=C1. The van der Waals surface area contributed by atoms with Crippen LogP contribution in [0.25, 0.3) is 5.57 Å². The number of rotatable bonds is 4. The minimum absolute atomic E-state index is 0.267. The van der Waals surface area contributed by atoms with Gasteiger partial charge in [-0.25, -0.2) is 4.79 Å². The van der Waals surface area contributed by atoms with Crippen LogP contribution >= 0.6 is 11.3 Å². The topological polar surface area (TPSA) is 26.3 Å². The molecule has 0 aliphatic heterocycles. The van der Waals surface area contributed by atoms with E-state index in [0.717, 1.165) is 24.8 Å². The van der Waals surface area contributed by atoms with E-state index in [1.165, 1.54) is 28.9 Å². The van der Waals surface area contributed by atoms with Crippen molar-refractivity contribution in [3.8, 4) is 0 Å². The molecule has 0 bridgehead atoms. The molecule has 0 atom stereocenters. The summed E-state index contributed by atoms with van der Waals surface area (Å²) in [5, 5.41) is 0. The van der Waals surface area contributed by atoms with Crippen LogP contribution in [0, 0.1) is 0 Å². The Morgan fingerprint density at radius 1 is 1.56 bits per heavy atom. The van der Waals surface area contributed by atoms with Gasteiger partial charge in [0.05, 0.1) is 7.11 Å². The summed E-state index contributed by atoms with van der Waals surface area (Å²) < 4.78 is 4.78. The molecule has 0 unspecified atom stereocenters. The normalized spacial score (nSPS) is 14.2. The van der Waals surface area contributed by atoms with Crippen molar-refractivity contribution in [2.75, 3.05) is 7.11 Å². The zero-order valence-electron chi connectivity index (χ0n) is 10.4. The Morgan fingerprint density at radius 2 is 2.39 bits per heavy atom. The molecular weight excluding hydrogens is 244 g/mol. The van der Waals surface area contributed by atoms with E-state index < -0.39 is 0 Å². The molecule has 1 aromatic rings. The van der Waals surface area contributed by atoms with Gasteiger partial charge in [-0.1, -0.05) is 24.3 Å². The minimum atomic E-state index is -0.267. The Bertz CT molecular complexity index is 521. The fourth-order valence-corrected chi connectivity index (χ4v) is 3.07. The van der Waals surface area contributed by atoms with Crippen molar-refractivity contribution in [1.82, 2.24) is 0 Å². The molecule has 1 heterocycles. The second-order valence-electron chi connectivity index (χ2n) is 4.07. The van der Waals surface area contributed by atoms with E-state index >= 15 is 0 Å². The van der Waals surface area contributed by atoms with Crippen LogP contribution in [-0.4, -0.2) is 13.1 Å². The molecule has 0 amide bonds. The highest BCUT2D eigenvalue weighted by Crippen LogP contribution is 2.32. The third-order valence-electron chi connectivity index (χ3n) is 2.83. The van der Waals surface area contributed by atoms with E-state index in [0.29, 0.717) is 4.88 Å². The summed E-state index contributed by atoms with van der Waals surface area (Å²) in [4.78, 5) is 13.4. The van der Waals surface area contributed by atoms with Gasteiger partial charge in [0.15, 0.2) is 0 Å². The molecule has 94 valence electrons. The standard InChI is InChI=1S/C15H16O2S/c1-3-7-13-12(11-8-5-4-6-9-11)10-14(18-13)15(16)17-2/h3,5,8-10H,1,4,6-7H2,2H3. The van der Waals surface area contributed by atoms with Crippen LogP contribution in [0.1, 0.15) is 33.0 Å². The van der Waals surface area contributed by atoms with Crippen LogP contribution < -0.4 is 0 Å². The molecule has 0 fully saturated rings.